The van der Waals surface area contributed by atoms with Gasteiger partial charge in [0.2, 0.25) is 0 Å². The molecule has 1 saturated carbocycles. The largest absolute Gasteiger partial charge is 0.416 e. The fraction of sp³-hybridized carbons (Fsp3) is 0.227. The molecular formula is C22H19F3N4O2S. The van der Waals surface area contributed by atoms with Crippen LogP contribution in [0.1, 0.15) is 44.0 Å². The summed E-state index contributed by atoms with van der Waals surface area (Å²) in [5.74, 6) is -0.946. The zero-order valence-electron chi connectivity index (χ0n) is 16.9. The van der Waals surface area contributed by atoms with Crippen molar-refractivity contribution in [2.75, 3.05) is 16.0 Å². The summed E-state index contributed by atoms with van der Waals surface area (Å²) in [6.07, 6.45) is -0.831. The molecule has 1 aliphatic rings. The summed E-state index contributed by atoms with van der Waals surface area (Å²) < 4.78 is 38.7. The first kappa shape index (κ1) is 21.8. The van der Waals surface area contributed by atoms with Gasteiger partial charge in [0.05, 0.1) is 11.8 Å². The van der Waals surface area contributed by atoms with Crippen molar-refractivity contribution in [2.24, 2.45) is 0 Å². The number of nitrogens with one attached hydrogen (secondary N) is 3. The Balaban J connectivity index is 1.46. The van der Waals surface area contributed by atoms with E-state index in [-0.39, 0.29) is 17.2 Å². The van der Waals surface area contributed by atoms with Gasteiger partial charge in [0.1, 0.15) is 4.88 Å². The van der Waals surface area contributed by atoms with Crippen molar-refractivity contribution in [1.82, 2.24) is 4.98 Å². The minimum atomic E-state index is -4.51. The van der Waals surface area contributed by atoms with Crippen LogP contribution in [-0.4, -0.2) is 22.8 Å². The lowest BCUT2D eigenvalue weighted by Crippen LogP contribution is -2.15. The standard InChI is InChI=1S/C22H19F3N4O2S/c1-12-5-6-13(19(30)27-16-4-2-3-14(10-16)22(23,24)25)9-17(12)29-20(31)18-11-26-21(32-18)28-15-7-8-15/h2-6,9-11,15H,7-8H2,1H3,(H,26,28)(H,27,30)(H,29,31). The van der Waals surface area contributed by atoms with E-state index in [1.54, 1.807) is 13.0 Å². The summed E-state index contributed by atoms with van der Waals surface area (Å²) in [6, 6.07) is 9.50. The molecule has 3 aromatic rings. The highest BCUT2D eigenvalue weighted by Gasteiger charge is 2.30. The van der Waals surface area contributed by atoms with E-state index in [2.05, 4.69) is 20.9 Å². The van der Waals surface area contributed by atoms with Gasteiger partial charge in [-0.3, -0.25) is 9.59 Å². The number of amides is 2. The number of alkyl halides is 3. The van der Waals surface area contributed by atoms with Gasteiger partial charge in [0.25, 0.3) is 11.8 Å². The lowest BCUT2D eigenvalue weighted by Gasteiger charge is -2.12. The number of anilines is 3. The molecule has 6 nitrogen and oxygen atoms in total. The summed E-state index contributed by atoms with van der Waals surface area (Å²) >= 11 is 1.24. The van der Waals surface area contributed by atoms with Crippen LogP contribution in [0, 0.1) is 6.92 Å². The number of carbonyl (C=O) groups excluding carboxylic acids is 2. The van der Waals surface area contributed by atoms with E-state index in [0.717, 1.165) is 30.5 Å². The first-order chi connectivity index (χ1) is 15.2. The Bertz CT molecular complexity index is 1170. The Morgan fingerprint density at radius 2 is 1.84 bits per heavy atom. The molecule has 0 spiro atoms. The van der Waals surface area contributed by atoms with Gasteiger partial charge in [-0.25, -0.2) is 4.98 Å². The molecule has 2 aromatic carbocycles. The molecule has 1 aliphatic carbocycles. The van der Waals surface area contributed by atoms with Crippen LogP contribution in [0.2, 0.25) is 0 Å². The Morgan fingerprint density at radius 3 is 2.56 bits per heavy atom. The molecule has 0 saturated heterocycles. The zero-order chi connectivity index (χ0) is 22.9. The van der Waals surface area contributed by atoms with Crippen molar-refractivity contribution >= 4 is 39.7 Å². The number of carbonyl (C=O) groups is 2. The highest BCUT2D eigenvalue weighted by Crippen LogP contribution is 2.31. The molecule has 0 bridgehead atoms. The van der Waals surface area contributed by atoms with Crippen LogP contribution in [0.25, 0.3) is 0 Å². The number of nitrogens with zero attached hydrogens (tertiary/aromatic N) is 1. The topological polar surface area (TPSA) is 83.1 Å². The molecule has 0 aliphatic heterocycles. The molecule has 0 atom stereocenters. The van der Waals surface area contributed by atoms with Gasteiger partial charge in [-0.15, -0.1) is 0 Å². The van der Waals surface area contributed by atoms with Crippen LogP contribution in [0.5, 0.6) is 0 Å². The van der Waals surface area contributed by atoms with Crippen LogP contribution >= 0.6 is 11.3 Å². The molecular weight excluding hydrogens is 441 g/mol. The highest BCUT2D eigenvalue weighted by atomic mass is 32.1. The van der Waals surface area contributed by atoms with E-state index >= 15 is 0 Å². The van der Waals surface area contributed by atoms with Gasteiger partial charge in [0, 0.05) is 23.0 Å². The lowest BCUT2D eigenvalue weighted by molar-refractivity contribution is -0.137. The summed E-state index contributed by atoms with van der Waals surface area (Å²) in [5.41, 5.74) is 0.527. The summed E-state index contributed by atoms with van der Waals surface area (Å²) in [7, 11) is 0. The Morgan fingerprint density at radius 1 is 1.06 bits per heavy atom. The Hall–Kier alpha value is -3.40. The van der Waals surface area contributed by atoms with Crippen LogP contribution in [0.3, 0.4) is 0 Å². The highest BCUT2D eigenvalue weighted by molar-refractivity contribution is 7.17. The van der Waals surface area contributed by atoms with E-state index in [1.165, 1.54) is 41.8 Å². The number of halogens is 3. The molecule has 166 valence electrons. The fourth-order valence-corrected chi connectivity index (χ4v) is 3.69. The molecule has 0 unspecified atom stereocenters. The maximum atomic E-state index is 12.9. The van der Waals surface area contributed by atoms with E-state index in [1.807, 2.05) is 0 Å². The molecule has 2 amide bonds. The molecule has 10 heteroatoms. The predicted molar refractivity (Wildman–Crippen MR) is 117 cm³/mol. The zero-order valence-corrected chi connectivity index (χ0v) is 17.7. The molecule has 0 radical (unpaired) electrons. The van der Waals surface area contributed by atoms with Crippen LogP contribution in [-0.2, 0) is 6.18 Å². The van der Waals surface area contributed by atoms with Crippen molar-refractivity contribution in [3.63, 3.8) is 0 Å². The number of benzene rings is 2. The van der Waals surface area contributed by atoms with Gasteiger partial charge in [-0.2, -0.15) is 13.2 Å². The smallest absolute Gasteiger partial charge is 0.359 e. The van der Waals surface area contributed by atoms with E-state index < -0.39 is 17.6 Å². The Kier molecular flexibility index (Phi) is 5.88. The summed E-state index contributed by atoms with van der Waals surface area (Å²) in [5, 5.41) is 9.15. The quantitative estimate of drug-likeness (QED) is 0.451. The van der Waals surface area contributed by atoms with Gasteiger partial charge in [0.15, 0.2) is 5.13 Å². The summed E-state index contributed by atoms with van der Waals surface area (Å²) in [4.78, 5) is 29.8. The maximum absolute atomic E-state index is 12.9. The SMILES string of the molecule is Cc1ccc(C(=O)Nc2cccc(C(F)(F)F)c2)cc1NC(=O)c1cnc(NC2CC2)s1. The molecule has 4 rings (SSSR count). The van der Waals surface area contributed by atoms with Gasteiger partial charge >= 0.3 is 6.18 Å². The molecule has 32 heavy (non-hydrogen) atoms. The predicted octanol–water partition coefficient (Wildman–Crippen LogP) is 5.55. The normalized spacial score (nSPS) is 13.5. The number of hydrogen-bond donors (Lipinski definition) is 3. The molecule has 1 aromatic heterocycles. The van der Waals surface area contributed by atoms with Crippen molar-refractivity contribution in [3.05, 3.63) is 70.2 Å². The van der Waals surface area contributed by atoms with Gasteiger partial charge in [-0.1, -0.05) is 23.5 Å². The number of hydrogen-bond acceptors (Lipinski definition) is 5. The fourth-order valence-electron chi connectivity index (χ4n) is 2.91. The third-order valence-electron chi connectivity index (χ3n) is 4.83. The van der Waals surface area contributed by atoms with Crippen molar-refractivity contribution < 1.29 is 22.8 Å². The second-order valence-corrected chi connectivity index (χ2v) is 8.50. The van der Waals surface area contributed by atoms with E-state index in [0.29, 0.717) is 21.7 Å². The lowest BCUT2D eigenvalue weighted by atomic mass is 10.1. The average Bonchev–Trinajstić information content (AvgIpc) is 3.43. The van der Waals surface area contributed by atoms with E-state index in [4.69, 9.17) is 0 Å². The van der Waals surface area contributed by atoms with Crippen molar-refractivity contribution in [3.8, 4) is 0 Å². The number of aryl methyl sites for hydroxylation is 1. The number of thiazole rings is 1. The minimum Gasteiger partial charge on any atom is -0.359 e. The third kappa shape index (κ3) is 5.25. The third-order valence-corrected chi connectivity index (χ3v) is 5.76. The average molecular weight is 460 g/mol. The first-order valence-corrected chi connectivity index (χ1v) is 10.6. The van der Waals surface area contributed by atoms with Crippen molar-refractivity contribution in [2.45, 2.75) is 32.0 Å². The monoisotopic (exact) mass is 460 g/mol. The first-order valence-electron chi connectivity index (χ1n) is 9.82. The van der Waals surface area contributed by atoms with Crippen molar-refractivity contribution in [1.29, 1.82) is 0 Å². The number of rotatable bonds is 6. The second kappa shape index (κ2) is 8.62. The van der Waals surface area contributed by atoms with Crippen LogP contribution in [0.15, 0.2) is 48.7 Å². The number of aromatic nitrogens is 1. The molecule has 3 N–H and O–H groups in total. The van der Waals surface area contributed by atoms with Crippen LogP contribution < -0.4 is 16.0 Å². The van der Waals surface area contributed by atoms with E-state index in [9.17, 15) is 22.8 Å². The molecule has 1 fully saturated rings. The minimum absolute atomic E-state index is 0.0244. The Labute approximate surface area is 185 Å². The van der Waals surface area contributed by atoms with Crippen LogP contribution in [0.4, 0.5) is 29.7 Å². The van der Waals surface area contributed by atoms with Gasteiger partial charge in [-0.05, 0) is 55.7 Å². The maximum Gasteiger partial charge on any atom is 0.416 e. The second-order valence-electron chi connectivity index (χ2n) is 7.46. The van der Waals surface area contributed by atoms with Gasteiger partial charge < -0.3 is 16.0 Å². The summed E-state index contributed by atoms with van der Waals surface area (Å²) in [6.45, 7) is 1.77. The molecule has 1 heterocycles.